The van der Waals surface area contributed by atoms with Crippen molar-refractivity contribution >= 4 is 46.6 Å². The minimum atomic E-state index is -3.01. The van der Waals surface area contributed by atoms with Crippen LogP contribution < -0.4 is 10.1 Å². The Bertz CT molecular complexity index is 1170. The van der Waals surface area contributed by atoms with Gasteiger partial charge in [0.15, 0.2) is 12.0 Å². The number of nitrogens with one attached hydrogen (secondary N) is 1. The van der Waals surface area contributed by atoms with Gasteiger partial charge in [-0.1, -0.05) is 29.3 Å². The quantitative estimate of drug-likeness (QED) is 0.265. The third-order valence-corrected chi connectivity index (χ3v) is 5.19. The number of ether oxygens (including phenoxy) is 1. The number of carbonyl (C=O) groups excluding carboxylic acids is 1. The van der Waals surface area contributed by atoms with Crippen LogP contribution in [-0.2, 0) is 4.79 Å². The third-order valence-electron chi connectivity index (χ3n) is 4.45. The van der Waals surface area contributed by atoms with E-state index in [9.17, 15) is 23.9 Å². The number of hydrogen-bond acceptors (Lipinski definition) is 7. The molecule has 0 saturated carbocycles. The molecule has 0 aromatic heterocycles. The lowest BCUT2D eigenvalue weighted by molar-refractivity contribution is -0.143. The molecule has 2 aromatic rings. The first-order valence-corrected chi connectivity index (χ1v) is 10.2. The largest absolute Gasteiger partial charge is 0.435 e. The lowest BCUT2D eigenvalue weighted by Gasteiger charge is -2.30. The number of amidine groups is 1. The number of nitrogens with zero attached hydrogens (tertiary/aromatic N) is 6. The minimum absolute atomic E-state index is 0.0680. The van der Waals surface area contributed by atoms with Crippen LogP contribution in [0.5, 0.6) is 5.75 Å². The Morgan fingerprint density at radius 3 is 2.76 bits per heavy atom. The van der Waals surface area contributed by atoms with Crippen molar-refractivity contribution in [2.45, 2.75) is 6.61 Å². The van der Waals surface area contributed by atoms with Crippen LogP contribution in [0.15, 0.2) is 52.6 Å². The molecule has 0 unspecified atom stereocenters. The number of likely N-dealkylation sites (N-methyl/N-ethyl adjacent to an activating group) is 1. The normalized spacial score (nSPS) is 13.6. The molecule has 0 saturated heterocycles. The number of hydrogen-bond donors (Lipinski definition) is 2. The second-order valence-corrected chi connectivity index (χ2v) is 7.43. The Morgan fingerprint density at radius 2 is 2.12 bits per heavy atom. The summed E-state index contributed by atoms with van der Waals surface area (Å²) < 4.78 is 29.5. The maximum absolute atomic E-state index is 12.5. The van der Waals surface area contributed by atoms with Crippen molar-refractivity contribution in [3.05, 3.63) is 58.1 Å². The monoisotopic (exact) mass is 511 g/mol. The van der Waals surface area contributed by atoms with Gasteiger partial charge in [0.05, 0.1) is 15.7 Å². The molecule has 10 nitrogen and oxygen atoms in total. The lowest BCUT2D eigenvalue weighted by Crippen LogP contribution is -2.49. The first-order valence-electron chi connectivity index (χ1n) is 9.48. The summed E-state index contributed by atoms with van der Waals surface area (Å²) in [7, 11) is 1.43. The van der Waals surface area contributed by atoms with E-state index >= 15 is 0 Å². The lowest BCUT2D eigenvalue weighted by atomic mass is 10.2. The van der Waals surface area contributed by atoms with Gasteiger partial charge in [-0.3, -0.25) is 15.1 Å². The fourth-order valence-corrected chi connectivity index (χ4v) is 3.17. The number of nitriles is 1. The molecular formula is C20H17Cl2F2N7O3. The number of aliphatic hydroxyl groups is 1. The molecule has 178 valence electrons. The van der Waals surface area contributed by atoms with Crippen molar-refractivity contribution in [1.29, 1.82) is 5.26 Å². The number of amides is 1. The topological polar surface area (TPSA) is 117 Å². The van der Waals surface area contributed by atoms with Gasteiger partial charge in [-0.05, 0) is 30.3 Å². The molecule has 0 spiro atoms. The zero-order valence-electron chi connectivity index (χ0n) is 17.5. The third kappa shape index (κ3) is 5.82. The van der Waals surface area contributed by atoms with Crippen LogP contribution in [0.1, 0.15) is 5.56 Å². The molecule has 1 amide bonds. The van der Waals surface area contributed by atoms with Crippen molar-refractivity contribution in [3.63, 3.8) is 0 Å². The van der Waals surface area contributed by atoms with Gasteiger partial charge in [0.25, 0.3) is 5.91 Å². The molecule has 0 radical (unpaired) electrons. The van der Waals surface area contributed by atoms with Gasteiger partial charge in [-0.15, -0.1) is 5.10 Å². The van der Waals surface area contributed by atoms with E-state index in [0.717, 1.165) is 5.01 Å². The average molecular weight is 512 g/mol. The number of benzene rings is 2. The number of aliphatic imine (C=N–C) groups is 1. The van der Waals surface area contributed by atoms with Gasteiger partial charge >= 0.3 is 6.61 Å². The molecule has 1 aliphatic rings. The summed E-state index contributed by atoms with van der Waals surface area (Å²) in [5, 5.41) is 29.7. The summed E-state index contributed by atoms with van der Waals surface area (Å²) in [4.78, 5) is 16.4. The second kappa shape index (κ2) is 11.0. The van der Waals surface area contributed by atoms with Gasteiger partial charge in [0.1, 0.15) is 19.0 Å². The van der Waals surface area contributed by atoms with Crippen molar-refractivity contribution in [2.75, 3.05) is 20.3 Å². The molecule has 0 aliphatic carbocycles. The summed E-state index contributed by atoms with van der Waals surface area (Å²) in [6.45, 7) is -3.87. The van der Waals surface area contributed by atoms with Crippen molar-refractivity contribution in [1.82, 2.24) is 20.3 Å². The summed E-state index contributed by atoms with van der Waals surface area (Å²) in [5.74, 6) is -0.575. The van der Waals surface area contributed by atoms with E-state index in [1.54, 1.807) is 18.3 Å². The molecule has 34 heavy (non-hydrogen) atoms. The van der Waals surface area contributed by atoms with E-state index in [4.69, 9.17) is 23.2 Å². The fourth-order valence-electron chi connectivity index (χ4n) is 2.87. The Labute approximate surface area is 202 Å². The van der Waals surface area contributed by atoms with E-state index in [0.29, 0.717) is 10.6 Å². The first kappa shape index (κ1) is 25.0. The molecule has 2 aromatic carbocycles. The Balaban J connectivity index is 2.02. The smallest absolute Gasteiger partial charge is 0.387 e. The maximum Gasteiger partial charge on any atom is 0.387 e. The summed E-state index contributed by atoms with van der Waals surface area (Å²) in [6.07, 6.45) is 1.74. The molecule has 1 aliphatic heterocycles. The van der Waals surface area contributed by atoms with Gasteiger partial charge in [-0.2, -0.15) is 14.0 Å². The summed E-state index contributed by atoms with van der Waals surface area (Å²) >= 11 is 12.1. The molecule has 3 rings (SSSR count). The zero-order chi connectivity index (χ0) is 24.8. The van der Waals surface area contributed by atoms with Gasteiger partial charge in [-0.25, -0.2) is 15.0 Å². The van der Waals surface area contributed by atoms with Crippen molar-refractivity contribution < 1.29 is 23.4 Å². The number of halogens is 4. The van der Waals surface area contributed by atoms with Gasteiger partial charge in [0, 0.05) is 18.7 Å². The standard InChI is InChI=1S/C20H17Cl2F2N7O3/c1-29(17(33)9-32)31-11-30(28-18(31)12-5-6-15(21)16(22)7-12)20(26-10-25)27-13-3-2-4-14(8-13)34-19(23)24/h2-8,19,32H,9,11H2,1H3,(H,26,27). The highest BCUT2D eigenvalue weighted by molar-refractivity contribution is 6.42. The van der Waals surface area contributed by atoms with E-state index in [1.807, 2.05) is 0 Å². The average Bonchev–Trinajstić information content (AvgIpc) is 3.24. The molecule has 0 atom stereocenters. The van der Waals surface area contributed by atoms with Crippen LogP contribution in [-0.4, -0.2) is 64.8 Å². The number of guanidine groups is 1. The van der Waals surface area contributed by atoms with Crippen molar-refractivity contribution in [2.24, 2.45) is 10.1 Å². The van der Waals surface area contributed by atoms with Crippen LogP contribution in [0.25, 0.3) is 0 Å². The predicted octanol–water partition coefficient (Wildman–Crippen LogP) is 2.96. The number of alkyl halides is 2. The van der Waals surface area contributed by atoms with E-state index in [1.165, 1.54) is 47.4 Å². The van der Waals surface area contributed by atoms with Crippen LogP contribution in [0.3, 0.4) is 0 Å². The molecule has 0 bridgehead atoms. The first-order chi connectivity index (χ1) is 16.2. The highest BCUT2D eigenvalue weighted by Gasteiger charge is 2.32. The van der Waals surface area contributed by atoms with Crippen LogP contribution in [0.2, 0.25) is 10.0 Å². The highest BCUT2D eigenvalue weighted by atomic mass is 35.5. The van der Waals surface area contributed by atoms with E-state index in [-0.39, 0.29) is 34.9 Å². The minimum Gasteiger partial charge on any atom is -0.435 e. The Morgan fingerprint density at radius 1 is 1.35 bits per heavy atom. The van der Waals surface area contributed by atoms with Gasteiger partial charge in [0.2, 0.25) is 5.96 Å². The van der Waals surface area contributed by atoms with Crippen LogP contribution in [0.4, 0.5) is 14.5 Å². The Kier molecular flexibility index (Phi) is 8.06. The molecular weight excluding hydrogens is 495 g/mol. The maximum atomic E-state index is 12.5. The molecule has 0 fully saturated rings. The fraction of sp³-hybridized carbons (Fsp3) is 0.200. The van der Waals surface area contributed by atoms with Gasteiger partial charge < -0.3 is 9.84 Å². The second-order valence-electron chi connectivity index (χ2n) is 6.62. The molecule has 14 heteroatoms. The SMILES string of the molecule is CN(C(=O)CO)N1CN(C(=Nc2cccc(OC(F)F)c2)NC#N)N=C1c1ccc(Cl)c(Cl)c1. The summed E-state index contributed by atoms with van der Waals surface area (Å²) in [5.41, 5.74) is 0.679. The number of hydrazine groups is 1. The van der Waals surface area contributed by atoms with Crippen LogP contribution >= 0.6 is 23.2 Å². The predicted molar refractivity (Wildman–Crippen MR) is 120 cm³/mol. The van der Waals surface area contributed by atoms with Crippen LogP contribution in [0, 0.1) is 11.5 Å². The molecule has 2 N–H and O–H groups in total. The zero-order valence-corrected chi connectivity index (χ0v) is 19.0. The Hall–Kier alpha value is -3.66. The number of carbonyl (C=O) groups is 1. The molecule has 1 heterocycles. The van der Waals surface area contributed by atoms with E-state index < -0.39 is 19.1 Å². The van der Waals surface area contributed by atoms with Crippen molar-refractivity contribution in [3.8, 4) is 11.9 Å². The number of aliphatic hydroxyl groups excluding tert-OH is 1. The van der Waals surface area contributed by atoms with E-state index in [2.05, 4.69) is 20.1 Å². The summed E-state index contributed by atoms with van der Waals surface area (Å²) in [6, 6.07) is 10.3. The number of rotatable bonds is 6. The highest BCUT2D eigenvalue weighted by Crippen LogP contribution is 2.26. The number of hydrazone groups is 1.